The second kappa shape index (κ2) is 18.2. The van der Waals surface area contributed by atoms with Gasteiger partial charge in [-0.2, -0.15) is 0 Å². The highest BCUT2D eigenvalue weighted by Gasteiger charge is 2.40. The first-order valence-corrected chi connectivity index (χ1v) is 16.4. The van der Waals surface area contributed by atoms with Gasteiger partial charge in [-0.15, -0.1) is 0 Å². The number of rotatable bonds is 7. The van der Waals surface area contributed by atoms with Crippen molar-refractivity contribution in [2.45, 2.75) is 45.6 Å². The first-order valence-electron chi connectivity index (χ1n) is 16.4. The first kappa shape index (κ1) is 35.7. The van der Waals surface area contributed by atoms with Gasteiger partial charge in [-0.25, -0.2) is 0 Å². The number of carbonyl (C=O) groups excluding carboxylic acids is 4. The lowest BCUT2D eigenvalue weighted by atomic mass is 9.78. The van der Waals surface area contributed by atoms with E-state index in [1.165, 1.54) is 0 Å². The Balaban J connectivity index is 1.47. The van der Waals surface area contributed by atoms with Gasteiger partial charge in [-0.05, 0) is 56.4 Å². The summed E-state index contributed by atoms with van der Waals surface area (Å²) >= 11 is 0. The number of hydrogen-bond acceptors (Lipinski definition) is 9. The molecule has 3 aliphatic heterocycles. The monoisotopic (exact) mass is 652 g/mol. The third-order valence-electron chi connectivity index (χ3n) is 8.45. The summed E-state index contributed by atoms with van der Waals surface area (Å²) in [6.45, 7) is 5.28. The van der Waals surface area contributed by atoms with E-state index in [2.05, 4.69) is 15.5 Å². The second-order valence-electron chi connectivity index (χ2n) is 12.0. The van der Waals surface area contributed by atoms with Crippen LogP contribution in [0.3, 0.4) is 0 Å². The first-order chi connectivity index (χ1) is 22.8. The Labute approximate surface area is 277 Å². The van der Waals surface area contributed by atoms with Gasteiger partial charge in [0, 0.05) is 65.0 Å². The van der Waals surface area contributed by atoms with E-state index in [0.717, 1.165) is 16.9 Å². The number of carbonyl (C=O) groups is 4. The van der Waals surface area contributed by atoms with Crippen LogP contribution in [-0.2, 0) is 41.6 Å². The smallest absolute Gasteiger partial charge is 0.314 e. The Morgan fingerprint density at radius 1 is 0.957 bits per heavy atom. The number of nitrogens with one attached hydrogen (secondary N) is 2. The van der Waals surface area contributed by atoms with Crippen molar-refractivity contribution in [1.29, 1.82) is 0 Å². The van der Waals surface area contributed by atoms with E-state index in [9.17, 15) is 19.2 Å². The number of ether oxygens (including phenoxy) is 4. The lowest BCUT2D eigenvalue weighted by Crippen LogP contribution is -2.46. The molecule has 12 heteroatoms. The molecule has 0 aromatic heterocycles. The van der Waals surface area contributed by atoms with Gasteiger partial charge >= 0.3 is 5.97 Å². The number of benzene rings is 2. The molecule has 1 unspecified atom stereocenters. The fraction of sp³-hybridized carbons (Fsp3) is 0.543. The van der Waals surface area contributed by atoms with Crippen molar-refractivity contribution in [3.63, 3.8) is 0 Å². The summed E-state index contributed by atoms with van der Waals surface area (Å²) in [5.41, 5.74) is 0.830. The van der Waals surface area contributed by atoms with E-state index >= 15 is 0 Å². The van der Waals surface area contributed by atoms with Crippen LogP contribution >= 0.6 is 0 Å². The van der Waals surface area contributed by atoms with Gasteiger partial charge in [0.25, 0.3) is 5.91 Å². The van der Waals surface area contributed by atoms with E-state index in [1.807, 2.05) is 36.4 Å². The lowest BCUT2D eigenvalue weighted by Gasteiger charge is -2.32. The molecule has 0 saturated carbocycles. The van der Waals surface area contributed by atoms with Crippen molar-refractivity contribution in [3.05, 3.63) is 59.7 Å². The van der Waals surface area contributed by atoms with Crippen molar-refractivity contribution in [1.82, 2.24) is 20.4 Å². The minimum absolute atomic E-state index is 0.0505. The third kappa shape index (κ3) is 11.0. The molecule has 2 bridgehead atoms. The normalized spacial score (nSPS) is 20.4. The number of amides is 3. The molecule has 12 nitrogen and oxygen atoms in total. The summed E-state index contributed by atoms with van der Waals surface area (Å²) in [7, 11) is 1.57. The maximum absolute atomic E-state index is 13.6. The number of esters is 1. The van der Waals surface area contributed by atoms with E-state index in [0.29, 0.717) is 77.4 Å². The average Bonchev–Trinajstić information content (AvgIpc) is 3.28. The van der Waals surface area contributed by atoms with Crippen LogP contribution in [0.15, 0.2) is 48.5 Å². The maximum atomic E-state index is 13.6. The van der Waals surface area contributed by atoms with Crippen LogP contribution < -0.4 is 20.1 Å². The molecule has 3 heterocycles. The van der Waals surface area contributed by atoms with Crippen molar-refractivity contribution in [3.8, 4) is 11.5 Å². The second-order valence-corrected chi connectivity index (χ2v) is 12.0. The molecule has 256 valence electrons. The van der Waals surface area contributed by atoms with E-state index in [-0.39, 0.29) is 50.4 Å². The van der Waals surface area contributed by atoms with Gasteiger partial charge in [0.15, 0.2) is 6.61 Å². The zero-order chi connectivity index (χ0) is 33.5. The quantitative estimate of drug-likeness (QED) is 0.432. The maximum Gasteiger partial charge on any atom is 0.314 e. The highest BCUT2D eigenvalue weighted by Crippen LogP contribution is 2.30. The topological polar surface area (TPSA) is 136 Å². The molecule has 0 radical (unpaired) electrons. The van der Waals surface area contributed by atoms with E-state index in [4.69, 9.17) is 18.9 Å². The van der Waals surface area contributed by atoms with E-state index in [1.54, 1.807) is 31.1 Å². The molecule has 0 spiro atoms. The van der Waals surface area contributed by atoms with Crippen LogP contribution in [0.5, 0.6) is 11.5 Å². The zero-order valence-corrected chi connectivity index (χ0v) is 27.6. The summed E-state index contributed by atoms with van der Waals surface area (Å²) in [6, 6.07) is 15.0. The highest BCUT2D eigenvalue weighted by atomic mass is 16.5. The van der Waals surface area contributed by atoms with Gasteiger partial charge < -0.3 is 34.5 Å². The largest absolute Gasteiger partial charge is 0.492 e. The SMILES string of the molecule is CCOC(=O)C1(CCOC)CNC(=O)CCCN(C(=O)CN2CCOc3ccccc3C2)CCCNC(=O)COc2ccc(cc2)C1. The fourth-order valence-electron chi connectivity index (χ4n) is 5.81. The van der Waals surface area contributed by atoms with E-state index < -0.39 is 11.4 Å². The molecular weight excluding hydrogens is 604 g/mol. The van der Waals surface area contributed by atoms with Crippen LogP contribution in [0.1, 0.15) is 43.7 Å². The summed E-state index contributed by atoms with van der Waals surface area (Å²) in [6.07, 6.45) is 1.82. The third-order valence-corrected chi connectivity index (χ3v) is 8.45. The van der Waals surface area contributed by atoms with Crippen LogP contribution in [0.25, 0.3) is 0 Å². The standard InChI is InChI=1S/C35H48N4O8/c1-3-45-34(43)35(15-20-44-2)22-27-11-13-29(14-12-27)47-25-32(41)36-16-7-18-39(17-6-10-31(40)37-26-35)33(42)24-38-19-21-46-30-9-5-4-8-28(30)23-38/h4-5,8-9,11-14H,3,6-7,10,15-26H2,1-2H3,(H,36,41)(H,37,40). The molecule has 0 fully saturated rings. The Morgan fingerprint density at radius 3 is 2.53 bits per heavy atom. The minimum Gasteiger partial charge on any atom is -0.492 e. The van der Waals surface area contributed by atoms with Crippen LogP contribution in [0.2, 0.25) is 0 Å². The van der Waals surface area contributed by atoms with Gasteiger partial charge in [0.05, 0.1) is 18.6 Å². The highest BCUT2D eigenvalue weighted by molar-refractivity contribution is 5.81. The number of methoxy groups -OCH3 is 1. The van der Waals surface area contributed by atoms with Gasteiger partial charge in [-0.3, -0.25) is 24.1 Å². The van der Waals surface area contributed by atoms with Gasteiger partial charge in [0.2, 0.25) is 11.8 Å². The molecule has 2 aromatic carbocycles. The van der Waals surface area contributed by atoms with Gasteiger partial charge in [-0.1, -0.05) is 30.3 Å². The van der Waals surface area contributed by atoms with Gasteiger partial charge in [0.1, 0.15) is 18.1 Å². The molecule has 1 atom stereocenters. The number of nitrogens with zero attached hydrogens (tertiary/aromatic N) is 2. The molecule has 3 aliphatic rings. The summed E-state index contributed by atoms with van der Waals surface area (Å²) < 4.78 is 22.4. The Bertz CT molecular complexity index is 1340. The number of fused-ring (bicyclic) bond motifs is 18. The lowest BCUT2D eigenvalue weighted by molar-refractivity contribution is -0.156. The average molecular weight is 653 g/mol. The molecule has 3 amide bonds. The predicted octanol–water partition coefficient (Wildman–Crippen LogP) is 2.33. The number of para-hydroxylation sites is 1. The van der Waals surface area contributed by atoms with Crippen LogP contribution in [-0.4, -0.2) is 106 Å². The van der Waals surface area contributed by atoms with Crippen molar-refractivity contribution in [2.24, 2.45) is 5.41 Å². The fourth-order valence-corrected chi connectivity index (χ4v) is 5.81. The molecule has 2 N–H and O–H groups in total. The molecule has 2 aromatic rings. The molecule has 0 saturated heterocycles. The Hall–Kier alpha value is -4.16. The predicted molar refractivity (Wildman–Crippen MR) is 175 cm³/mol. The zero-order valence-electron chi connectivity index (χ0n) is 27.6. The van der Waals surface area contributed by atoms with Crippen molar-refractivity contribution < 1.29 is 38.1 Å². The molecule has 5 rings (SSSR count). The van der Waals surface area contributed by atoms with Crippen molar-refractivity contribution in [2.75, 3.05) is 72.8 Å². The van der Waals surface area contributed by atoms with Crippen molar-refractivity contribution >= 4 is 23.7 Å². The molecular formula is C35H48N4O8. The summed E-state index contributed by atoms with van der Waals surface area (Å²) in [4.78, 5) is 56.4. The summed E-state index contributed by atoms with van der Waals surface area (Å²) in [5, 5.41) is 5.83. The van der Waals surface area contributed by atoms with Crippen LogP contribution in [0.4, 0.5) is 0 Å². The molecule has 47 heavy (non-hydrogen) atoms. The van der Waals surface area contributed by atoms with Crippen LogP contribution in [0, 0.1) is 5.41 Å². The molecule has 0 aliphatic carbocycles. The Kier molecular flexibility index (Phi) is 13.9. The number of hydrogen-bond donors (Lipinski definition) is 2. The Morgan fingerprint density at radius 2 is 1.74 bits per heavy atom. The minimum atomic E-state index is -1.05. The summed E-state index contributed by atoms with van der Waals surface area (Å²) in [5.74, 6) is 0.420.